The first kappa shape index (κ1) is 25.6. The first-order valence-electron chi connectivity index (χ1n) is 14.0. The molecule has 6 aliphatic rings. The Labute approximate surface area is 214 Å². The minimum atomic E-state index is -0.530. The topological polar surface area (TPSA) is 111 Å². The molecule has 2 aliphatic heterocycles. The normalized spacial score (nSPS) is 36.5. The van der Waals surface area contributed by atoms with Crippen LogP contribution in [0.1, 0.15) is 78.6 Å². The molecule has 4 saturated carbocycles. The lowest BCUT2D eigenvalue weighted by molar-refractivity contribution is -0.163. The predicted octanol–water partition coefficient (Wildman–Crippen LogP) is 2.86. The molecule has 4 aliphatic carbocycles. The number of alkyl carbamates (subject to hydrolysis) is 1. The number of hydrogen-bond donors (Lipinski definition) is 3. The molecule has 2 heterocycles. The summed E-state index contributed by atoms with van der Waals surface area (Å²) in [6, 6.07) is 0.0261. The van der Waals surface area contributed by atoms with Crippen molar-refractivity contribution in [2.24, 2.45) is 23.2 Å². The van der Waals surface area contributed by atoms with Gasteiger partial charge in [-0.05, 0) is 96.3 Å². The molecule has 202 valence electrons. The van der Waals surface area contributed by atoms with E-state index in [1.807, 2.05) is 30.6 Å². The van der Waals surface area contributed by atoms with Crippen molar-refractivity contribution in [1.82, 2.24) is 20.4 Å². The Morgan fingerprint density at radius 2 is 1.56 bits per heavy atom. The van der Waals surface area contributed by atoms with Crippen LogP contribution in [0.4, 0.5) is 9.59 Å². The fourth-order valence-corrected chi connectivity index (χ4v) is 7.77. The molecule has 2 saturated heterocycles. The fraction of sp³-hybridized carbons (Fsp3) is 0.889. The van der Waals surface area contributed by atoms with Crippen LogP contribution in [0.2, 0.25) is 0 Å². The average molecular weight is 505 g/mol. The Morgan fingerprint density at radius 1 is 0.889 bits per heavy atom. The van der Waals surface area contributed by atoms with E-state index in [-0.39, 0.29) is 47.4 Å². The Kier molecular flexibility index (Phi) is 6.89. The lowest BCUT2D eigenvalue weighted by Crippen LogP contribution is -2.61. The van der Waals surface area contributed by atoms with E-state index >= 15 is 0 Å². The predicted molar refractivity (Wildman–Crippen MR) is 134 cm³/mol. The van der Waals surface area contributed by atoms with E-state index in [0.717, 1.165) is 44.9 Å². The van der Waals surface area contributed by atoms with Crippen molar-refractivity contribution in [2.75, 3.05) is 26.2 Å². The van der Waals surface area contributed by atoms with Gasteiger partial charge in [0.15, 0.2) is 0 Å². The van der Waals surface area contributed by atoms with Gasteiger partial charge in [0.2, 0.25) is 5.91 Å². The SMILES string of the molecule is CC(C)(C)OC(=O)NC1CCN(C(=O)N2CCC[C@H](NC(=O)C34CC5CC(C3)C(O)C(C5)C4)C2)CC1. The van der Waals surface area contributed by atoms with Gasteiger partial charge in [0.1, 0.15) is 5.60 Å². The van der Waals surface area contributed by atoms with Crippen LogP contribution in [0.3, 0.4) is 0 Å². The zero-order valence-electron chi connectivity index (χ0n) is 22.1. The molecule has 6 rings (SSSR count). The summed E-state index contributed by atoms with van der Waals surface area (Å²) in [5, 5.41) is 16.8. The summed E-state index contributed by atoms with van der Waals surface area (Å²) in [6.45, 7) is 7.99. The van der Waals surface area contributed by atoms with E-state index in [9.17, 15) is 19.5 Å². The number of carbonyl (C=O) groups excluding carboxylic acids is 3. The highest BCUT2D eigenvalue weighted by Gasteiger charge is 2.58. The lowest BCUT2D eigenvalue weighted by atomic mass is 9.48. The lowest BCUT2D eigenvalue weighted by Gasteiger charge is -2.58. The number of nitrogens with zero attached hydrogens (tertiary/aromatic N) is 2. The molecular formula is C27H44N4O5. The Balaban J connectivity index is 1.10. The van der Waals surface area contributed by atoms with Crippen LogP contribution in [0.25, 0.3) is 0 Å². The van der Waals surface area contributed by atoms with Crippen LogP contribution >= 0.6 is 0 Å². The van der Waals surface area contributed by atoms with Gasteiger partial charge >= 0.3 is 12.1 Å². The maximum atomic E-state index is 13.5. The van der Waals surface area contributed by atoms with Crippen LogP contribution in [-0.4, -0.2) is 82.9 Å². The maximum absolute atomic E-state index is 13.5. The summed E-state index contributed by atoms with van der Waals surface area (Å²) in [6.07, 6.45) is 7.28. The molecule has 4 bridgehead atoms. The van der Waals surface area contributed by atoms with Gasteiger partial charge in [0.05, 0.1) is 11.5 Å². The quantitative estimate of drug-likeness (QED) is 0.547. The third kappa shape index (κ3) is 5.31. The zero-order chi connectivity index (χ0) is 25.7. The average Bonchev–Trinajstić information content (AvgIpc) is 2.81. The van der Waals surface area contributed by atoms with Crippen LogP contribution < -0.4 is 10.6 Å². The Hall–Kier alpha value is -2.03. The van der Waals surface area contributed by atoms with Gasteiger partial charge < -0.3 is 30.3 Å². The molecule has 6 fully saturated rings. The maximum Gasteiger partial charge on any atom is 0.407 e. The van der Waals surface area contributed by atoms with Gasteiger partial charge in [-0.25, -0.2) is 9.59 Å². The van der Waals surface area contributed by atoms with E-state index in [2.05, 4.69) is 10.6 Å². The standard InChI is InChI=1S/C27H44N4O5/c1-26(2,3)36-24(34)29-20-6-9-30(10-7-20)25(35)31-8-4-5-21(16-31)28-23(33)27-13-17-11-18(14-27)22(32)19(12-17)15-27/h17-22,32H,4-16H2,1-3H3,(H,28,33)(H,29,34)/t17?,18?,19?,21-,22?,27?/m0/s1. The number of ether oxygens (including phenoxy) is 1. The van der Waals surface area contributed by atoms with Gasteiger partial charge in [0, 0.05) is 38.3 Å². The first-order valence-corrected chi connectivity index (χ1v) is 14.0. The molecule has 3 atom stereocenters. The third-order valence-electron chi connectivity index (χ3n) is 9.22. The molecule has 0 aromatic carbocycles. The van der Waals surface area contributed by atoms with Crippen molar-refractivity contribution in [3.05, 3.63) is 0 Å². The van der Waals surface area contributed by atoms with Crippen LogP contribution in [0.5, 0.6) is 0 Å². The Bertz CT molecular complexity index is 849. The minimum absolute atomic E-state index is 0.0103. The molecule has 3 N–H and O–H groups in total. The summed E-state index contributed by atoms with van der Waals surface area (Å²) in [5.41, 5.74) is -0.844. The minimum Gasteiger partial charge on any atom is -0.444 e. The number of urea groups is 1. The van der Waals surface area contributed by atoms with Crippen molar-refractivity contribution >= 4 is 18.0 Å². The molecule has 9 nitrogen and oxygen atoms in total. The van der Waals surface area contributed by atoms with Gasteiger partial charge in [-0.3, -0.25) is 4.79 Å². The number of nitrogens with one attached hydrogen (secondary N) is 2. The monoisotopic (exact) mass is 504 g/mol. The van der Waals surface area contributed by atoms with Crippen molar-refractivity contribution in [3.63, 3.8) is 0 Å². The summed E-state index contributed by atoms with van der Waals surface area (Å²) < 4.78 is 5.35. The first-order chi connectivity index (χ1) is 17.0. The number of rotatable bonds is 3. The number of carbonyl (C=O) groups is 3. The van der Waals surface area contributed by atoms with E-state index in [1.165, 1.54) is 0 Å². The molecule has 36 heavy (non-hydrogen) atoms. The van der Waals surface area contributed by atoms with Crippen molar-refractivity contribution in [2.45, 2.75) is 102 Å². The van der Waals surface area contributed by atoms with Gasteiger partial charge in [-0.15, -0.1) is 0 Å². The number of amides is 4. The van der Waals surface area contributed by atoms with Gasteiger partial charge in [-0.1, -0.05) is 0 Å². The molecule has 0 aromatic rings. The van der Waals surface area contributed by atoms with E-state index < -0.39 is 11.7 Å². The molecule has 2 unspecified atom stereocenters. The third-order valence-corrected chi connectivity index (χ3v) is 9.22. The fourth-order valence-electron chi connectivity index (χ4n) is 7.77. The van der Waals surface area contributed by atoms with Crippen LogP contribution in [0, 0.1) is 23.2 Å². The van der Waals surface area contributed by atoms with E-state index in [1.54, 1.807) is 0 Å². The highest BCUT2D eigenvalue weighted by Crippen LogP contribution is 2.60. The summed E-state index contributed by atoms with van der Waals surface area (Å²) in [5.74, 6) is 1.29. The second-order valence-corrected chi connectivity index (χ2v) is 13.2. The number of piperidine rings is 2. The molecule has 4 amide bonds. The van der Waals surface area contributed by atoms with Gasteiger partial charge in [0.25, 0.3) is 0 Å². The van der Waals surface area contributed by atoms with Crippen LogP contribution in [0.15, 0.2) is 0 Å². The summed E-state index contributed by atoms with van der Waals surface area (Å²) in [4.78, 5) is 42.6. The second kappa shape index (κ2) is 9.69. The second-order valence-electron chi connectivity index (χ2n) is 13.2. The Morgan fingerprint density at radius 3 is 2.19 bits per heavy atom. The van der Waals surface area contributed by atoms with Crippen molar-refractivity contribution in [1.29, 1.82) is 0 Å². The van der Waals surface area contributed by atoms with Crippen LogP contribution in [-0.2, 0) is 9.53 Å². The van der Waals surface area contributed by atoms with E-state index in [0.29, 0.717) is 44.9 Å². The molecule has 9 heteroatoms. The summed E-state index contributed by atoms with van der Waals surface area (Å²) >= 11 is 0. The smallest absolute Gasteiger partial charge is 0.407 e. The number of hydrogen-bond acceptors (Lipinski definition) is 5. The largest absolute Gasteiger partial charge is 0.444 e. The van der Waals surface area contributed by atoms with Gasteiger partial charge in [-0.2, -0.15) is 0 Å². The molecule has 0 spiro atoms. The highest BCUT2D eigenvalue weighted by molar-refractivity contribution is 5.83. The number of likely N-dealkylation sites (tertiary alicyclic amines) is 2. The summed E-state index contributed by atoms with van der Waals surface area (Å²) in [7, 11) is 0. The number of aliphatic hydroxyl groups excluding tert-OH is 1. The molecular weight excluding hydrogens is 460 g/mol. The van der Waals surface area contributed by atoms with Crippen molar-refractivity contribution < 1.29 is 24.2 Å². The molecule has 0 aromatic heterocycles. The van der Waals surface area contributed by atoms with E-state index in [4.69, 9.17) is 4.74 Å². The highest BCUT2D eigenvalue weighted by atomic mass is 16.6. The zero-order valence-corrected chi connectivity index (χ0v) is 22.1. The number of aliphatic hydroxyl groups is 1. The van der Waals surface area contributed by atoms with Crippen molar-refractivity contribution in [3.8, 4) is 0 Å². The molecule has 0 radical (unpaired) electrons.